The van der Waals surface area contributed by atoms with E-state index in [1.807, 2.05) is 0 Å². The molecule has 5 heteroatoms. The summed E-state index contributed by atoms with van der Waals surface area (Å²) in [4.78, 5) is 2.80. The Morgan fingerprint density at radius 3 is 2.23 bits per heavy atom. The topological polar surface area (TPSA) is 4.36 Å². The highest BCUT2D eigenvalue weighted by atomic mass is 19.4. The molecule has 0 aromatic heterocycles. The van der Waals surface area contributed by atoms with Gasteiger partial charge in [0, 0.05) is 0 Å². The summed E-state index contributed by atoms with van der Waals surface area (Å²) in [5.41, 5.74) is -1.49. The smallest absolute Gasteiger partial charge is 0.238 e. The zero-order chi connectivity index (χ0) is 10.1. The number of nitrogens with zero attached hydrogens (tertiary/aromatic N) is 1. The summed E-state index contributed by atoms with van der Waals surface area (Å²) < 4.78 is 48.6. The maximum Gasteiger partial charge on any atom is 0.419 e. The lowest BCUT2D eigenvalue weighted by Gasteiger charge is -2.06. The fraction of sp³-hybridized carbons (Fsp3) is 0.125. The zero-order valence-electron chi connectivity index (χ0n) is 6.19. The van der Waals surface area contributed by atoms with E-state index in [2.05, 4.69) is 4.85 Å². The van der Waals surface area contributed by atoms with Crippen LogP contribution in [0.1, 0.15) is 5.56 Å². The molecule has 1 aromatic carbocycles. The highest BCUT2D eigenvalue weighted by Crippen LogP contribution is 2.32. The van der Waals surface area contributed by atoms with Gasteiger partial charge in [0.25, 0.3) is 0 Å². The van der Waals surface area contributed by atoms with Gasteiger partial charge in [-0.15, -0.1) is 0 Å². The molecule has 0 radical (unpaired) electrons. The first kappa shape index (κ1) is 9.52. The molecule has 1 aromatic rings. The number of halogens is 4. The summed E-state index contributed by atoms with van der Waals surface area (Å²) in [5.74, 6) is -1.42. The van der Waals surface area contributed by atoms with Crippen molar-refractivity contribution in [2.45, 2.75) is 6.18 Å². The summed E-state index contributed by atoms with van der Waals surface area (Å²) in [5, 5.41) is 0. The fourth-order valence-corrected chi connectivity index (χ4v) is 0.803. The molecule has 0 amide bonds. The molecule has 0 saturated carbocycles. The highest BCUT2D eigenvalue weighted by molar-refractivity contribution is 5.46. The molecule has 0 N–H and O–H groups in total. The second-order valence-corrected chi connectivity index (χ2v) is 2.27. The molecule has 0 fully saturated rings. The minimum atomic E-state index is -4.70. The van der Waals surface area contributed by atoms with Crippen LogP contribution in [-0.2, 0) is 6.18 Å². The van der Waals surface area contributed by atoms with Crippen LogP contribution in [-0.4, -0.2) is 0 Å². The number of alkyl halides is 3. The average molecular weight is 189 g/mol. The predicted molar refractivity (Wildman–Crippen MR) is 37.7 cm³/mol. The van der Waals surface area contributed by atoms with E-state index in [1.165, 1.54) is 0 Å². The molecule has 0 unspecified atom stereocenters. The first-order valence-electron chi connectivity index (χ1n) is 3.19. The molecule has 1 nitrogen and oxygen atoms in total. The van der Waals surface area contributed by atoms with Gasteiger partial charge in [-0.05, 0) is 6.07 Å². The van der Waals surface area contributed by atoms with Gasteiger partial charge >= 0.3 is 6.18 Å². The summed E-state index contributed by atoms with van der Waals surface area (Å²) in [6, 6.07) is 2.05. The number of rotatable bonds is 0. The van der Waals surface area contributed by atoms with E-state index in [-0.39, 0.29) is 5.69 Å². The van der Waals surface area contributed by atoms with Crippen LogP contribution in [0, 0.1) is 12.4 Å². The van der Waals surface area contributed by atoms with Gasteiger partial charge in [0.2, 0.25) is 0 Å². The SMILES string of the molecule is [C-]#[N+]c1ccc(C(F)(F)F)c(F)c1. The minimum Gasteiger partial charge on any atom is -0.238 e. The van der Waals surface area contributed by atoms with Gasteiger partial charge in [-0.1, -0.05) is 12.1 Å². The van der Waals surface area contributed by atoms with E-state index < -0.39 is 17.6 Å². The lowest BCUT2D eigenvalue weighted by atomic mass is 10.2. The van der Waals surface area contributed by atoms with Crippen LogP contribution < -0.4 is 0 Å². The van der Waals surface area contributed by atoms with Crippen molar-refractivity contribution in [1.82, 2.24) is 0 Å². The van der Waals surface area contributed by atoms with Crippen LogP contribution in [0.2, 0.25) is 0 Å². The zero-order valence-corrected chi connectivity index (χ0v) is 6.19. The van der Waals surface area contributed by atoms with E-state index >= 15 is 0 Å². The Bertz CT molecular complexity index is 361. The van der Waals surface area contributed by atoms with Crippen molar-refractivity contribution in [2.75, 3.05) is 0 Å². The van der Waals surface area contributed by atoms with Crippen LogP contribution in [0.3, 0.4) is 0 Å². The monoisotopic (exact) mass is 189 g/mol. The van der Waals surface area contributed by atoms with Gasteiger partial charge in [0.15, 0.2) is 5.69 Å². The lowest BCUT2D eigenvalue weighted by molar-refractivity contribution is -0.139. The van der Waals surface area contributed by atoms with E-state index in [0.717, 1.165) is 6.07 Å². The molecule has 0 aliphatic carbocycles. The van der Waals surface area contributed by atoms with Crippen LogP contribution in [0.15, 0.2) is 18.2 Å². The van der Waals surface area contributed by atoms with Crippen molar-refractivity contribution in [2.24, 2.45) is 0 Å². The van der Waals surface area contributed by atoms with Crippen LogP contribution >= 0.6 is 0 Å². The Morgan fingerprint density at radius 2 is 1.85 bits per heavy atom. The van der Waals surface area contributed by atoms with E-state index in [4.69, 9.17) is 6.57 Å². The number of benzene rings is 1. The van der Waals surface area contributed by atoms with Crippen molar-refractivity contribution in [3.8, 4) is 0 Å². The third-order valence-electron chi connectivity index (χ3n) is 1.39. The Labute approximate surface area is 71.4 Å². The molecule has 13 heavy (non-hydrogen) atoms. The van der Waals surface area contributed by atoms with E-state index in [0.29, 0.717) is 12.1 Å². The second-order valence-electron chi connectivity index (χ2n) is 2.27. The number of hydrogen-bond acceptors (Lipinski definition) is 0. The van der Waals surface area contributed by atoms with Gasteiger partial charge in [-0.25, -0.2) is 9.24 Å². The lowest BCUT2D eigenvalue weighted by Crippen LogP contribution is -2.07. The van der Waals surface area contributed by atoms with E-state index in [1.54, 1.807) is 0 Å². The van der Waals surface area contributed by atoms with Crippen LogP contribution in [0.4, 0.5) is 23.2 Å². The molecule has 0 saturated heterocycles. The largest absolute Gasteiger partial charge is 0.419 e. The van der Waals surface area contributed by atoms with Gasteiger partial charge < -0.3 is 0 Å². The molecule has 68 valence electrons. The maximum atomic E-state index is 12.7. The fourth-order valence-electron chi connectivity index (χ4n) is 0.803. The average Bonchev–Trinajstić information content (AvgIpc) is 2.01. The maximum absolute atomic E-state index is 12.7. The van der Waals surface area contributed by atoms with Crippen molar-refractivity contribution >= 4 is 5.69 Å². The van der Waals surface area contributed by atoms with Gasteiger partial charge in [-0.3, -0.25) is 0 Å². The van der Waals surface area contributed by atoms with Crippen LogP contribution in [0.25, 0.3) is 4.85 Å². The summed E-state index contributed by atoms with van der Waals surface area (Å²) >= 11 is 0. The molecule has 0 aliphatic heterocycles. The highest BCUT2D eigenvalue weighted by Gasteiger charge is 2.33. The van der Waals surface area contributed by atoms with Gasteiger partial charge in [0.05, 0.1) is 12.1 Å². The van der Waals surface area contributed by atoms with Crippen molar-refractivity contribution < 1.29 is 17.6 Å². The van der Waals surface area contributed by atoms with Gasteiger partial charge in [0.1, 0.15) is 5.82 Å². The molecule has 0 bridgehead atoms. The Kier molecular flexibility index (Phi) is 2.24. The Balaban J connectivity index is 3.23. The normalized spacial score (nSPS) is 11.0. The first-order chi connectivity index (χ1) is 5.95. The molecule has 0 aliphatic rings. The third-order valence-corrected chi connectivity index (χ3v) is 1.39. The van der Waals surface area contributed by atoms with Crippen molar-refractivity contribution in [3.63, 3.8) is 0 Å². The summed E-state index contributed by atoms with van der Waals surface area (Å²) in [6.45, 7) is 6.44. The molecule has 1 rings (SSSR count). The van der Waals surface area contributed by atoms with E-state index in [9.17, 15) is 17.6 Å². The number of hydrogen-bond donors (Lipinski definition) is 0. The first-order valence-corrected chi connectivity index (χ1v) is 3.19. The standard InChI is InChI=1S/C8H3F4N/c1-13-5-2-3-6(7(9)4-5)8(10,11)12/h2-4H. The third kappa shape index (κ3) is 1.96. The molecular weight excluding hydrogens is 186 g/mol. The molecular formula is C8H3F4N. The second kappa shape index (κ2) is 3.05. The molecule has 0 atom stereocenters. The Hall–Kier alpha value is -1.57. The quantitative estimate of drug-likeness (QED) is 0.435. The van der Waals surface area contributed by atoms with Crippen LogP contribution in [0.5, 0.6) is 0 Å². The van der Waals surface area contributed by atoms with Gasteiger partial charge in [-0.2, -0.15) is 13.2 Å². The van der Waals surface area contributed by atoms with Crippen molar-refractivity contribution in [3.05, 3.63) is 41.0 Å². The summed E-state index contributed by atoms with van der Waals surface area (Å²) in [7, 11) is 0. The Morgan fingerprint density at radius 1 is 1.23 bits per heavy atom. The predicted octanol–water partition coefficient (Wildman–Crippen LogP) is 3.40. The summed E-state index contributed by atoms with van der Waals surface area (Å²) in [6.07, 6.45) is -4.70. The molecule has 0 spiro atoms. The molecule has 0 heterocycles. The van der Waals surface area contributed by atoms with Crippen molar-refractivity contribution in [1.29, 1.82) is 0 Å². The minimum absolute atomic E-state index is 0.148.